The molecule has 0 aliphatic heterocycles. The van der Waals surface area contributed by atoms with Gasteiger partial charge in [0.1, 0.15) is 0 Å². The van der Waals surface area contributed by atoms with Gasteiger partial charge >= 0.3 is 5.69 Å². The van der Waals surface area contributed by atoms with Crippen molar-refractivity contribution in [3.8, 4) is 5.75 Å². The first-order valence-corrected chi connectivity index (χ1v) is 6.59. The Morgan fingerprint density at radius 3 is 3.00 bits per heavy atom. The van der Waals surface area contributed by atoms with Gasteiger partial charge in [-0.3, -0.25) is 10.1 Å². The molecule has 0 spiro atoms. The van der Waals surface area contributed by atoms with Crippen molar-refractivity contribution in [2.45, 2.75) is 0 Å². The second-order valence-electron chi connectivity index (χ2n) is 3.43. The Kier molecular flexibility index (Phi) is 6.07. The highest BCUT2D eigenvalue weighted by Gasteiger charge is 2.14. The van der Waals surface area contributed by atoms with Gasteiger partial charge in [0.25, 0.3) is 0 Å². The van der Waals surface area contributed by atoms with Crippen molar-refractivity contribution < 1.29 is 9.66 Å². The topological polar surface area (TPSA) is 64.4 Å². The SMILES string of the molecule is C=CCSCCNc1ccc([N+](=O)[O-])c(OC)c1. The molecule has 0 radical (unpaired) electrons. The Morgan fingerprint density at radius 2 is 2.39 bits per heavy atom. The Balaban J connectivity index is 2.57. The van der Waals surface area contributed by atoms with E-state index in [1.807, 2.05) is 6.08 Å². The zero-order valence-electron chi connectivity index (χ0n) is 10.2. The minimum Gasteiger partial charge on any atom is -0.490 e. The Morgan fingerprint density at radius 1 is 1.61 bits per heavy atom. The van der Waals surface area contributed by atoms with Crippen molar-refractivity contribution in [2.75, 3.05) is 30.5 Å². The first-order chi connectivity index (χ1) is 8.69. The first-order valence-electron chi connectivity index (χ1n) is 5.44. The van der Waals surface area contributed by atoms with E-state index in [2.05, 4.69) is 11.9 Å². The van der Waals surface area contributed by atoms with Crippen LogP contribution in [0.3, 0.4) is 0 Å². The van der Waals surface area contributed by atoms with Crippen LogP contribution in [0.4, 0.5) is 11.4 Å². The maximum Gasteiger partial charge on any atom is 0.311 e. The van der Waals surface area contributed by atoms with Crippen LogP contribution in [0.5, 0.6) is 5.75 Å². The average molecular weight is 268 g/mol. The van der Waals surface area contributed by atoms with Crippen molar-refractivity contribution in [3.05, 3.63) is 41.0 Å². The van der Waals surface area contributed by atoms with Crippen LogP contribution in [0.1, 0.15) is 0 Å². The molecule has 0 amide bonds. The number of methoxy groups -OCH3 is 1. The van der Waals surface area contributed by atoms with Gasteiger partial charge in [-0.05, 0) is 6.07 Å². The van der Waals surface area contributed by atoms with Gasteiger partial charge in [0.2, 0.25) is 0 Å². The fraction of sp³-hybridized carbons (Fsp3) is 0.333. The number of nitro groups is 1. The van der Waals surface area contributed by atoms with E-state index in [9.17, 15) is 10.1 Å². The third-order valence-electron chi connectivity index (χ3n) is 2.19. The van der Waals surface area contributed by atoms with E-state index in [0.717, 1.165) is 23.7 Å². The number of nitrogens with zero attached hydrogens (tertiary/aromatic N) is 1. The third-order valence-corrected chi connectivity index (χ3v) is 3.15. The zero-order valence-corrected chi connectivity index (χ0v) is 11.0. The standard InChI is InChI=1S/C12H16N2O3S/c1-3-7-18-8-6-13-10-4-5-11(14(15)16)12(9-10)17-2/h3-5,9,13H,1,6-8H2,2H3. The molecule has 0 bridgehead atoms. The summed E-state index contributed by atoms with van der Waals surface area (Å²) >= 11 is 1.77. The highest BCUT2D eigenvalue weighted by Crippen LogP contribution is 2.29. The summed E-state index contributed by atoms with van der Waals surface area (Å²) in [7, 11) is 1.42. The Bertz CT molecular complexity index is 424. The quantitative estimate of drug-likeness (QED) is 0.340. The lowest BCUT2D eigenvalue weighted by molar-refractivity contribution is -0.385. The number of hydrogen-bond acceptors (Lipinski definition) is 5. The van der Waals surface area contributed by atoms with Gasteiger partial charge in [-0.2, -0.15) is 11.8 Å². The molecule has 1 rings (SSSR count). The van der Waals surface area contributed by atoms with Gasteiger partial charge < -0.3 is 10.1 Å². The highest BCUT2D eigenvalue weighted by molar-refractivity contribution is 7.99. The number of benzene rings is 1. The van der Waals surface area contributed by atoms with E-state index in [0.29, 0.717) is 0 Å². The lowest BCUT2D eigenvalue weighted by atomic mass is 10.2. The summed E-state index contributed by atoms with van der Waals surface area (Å²) in [6.07, 6.45) is 1.86. The van der Waals surface area contributed by atoms with Crippen LogP contribution >= 0.6 is 11.8 Å². The van der Waals surface area contributed by atoms with Crippen LogP contribution in [0.15, 0.2) is 30.9 Å². The van der Waals surface area contributed by atoms with Gasteiger partial charge in [0, 0.05) is 35.9 Å². The molecule has 18 heavy (non-hydrogen) atoms. The number of rotatable bonds is 8. The largest absolute Gasteiger partial charge is 0.490 e. The molecule has 1 N–H and O–H groups in total. The summed E-state index contributed by atoms with van der Waals surface area (Å²) in [5.74, 6) is 2.14. The van der Waals surface area contributed by atoms with Crippen molar-refractivity contribution in [2.24, 2.45) is 0 Å². The summed E-state index contributed by atoms with van der Waals surface area (Å²) in [5, 5.41) is 13.9. The van der Waals surface area contributed by atoms with E-state index in [1.54, 1.807) is 23.9 Å². The molecule has 1 aromatic carbocycles. The van der Waals surface area contributed by atoms with Gasteiger partial charge in [-0.15, -0.1) is 6.58 Å². The molecule has 0 unspecified atom stereocenters. The minimum atomic E-state index is -0.456. The Hall–Kier alpha value is -1.69. The van der Waals surface area contributed by atoms with E-state index < -0.39 is 4.92 Å². The molecule has 98 valence electrons. The van der Waals surface area contributed by atoms with Crippen LogP contribution in [-0.2, 0) is 0 Å². The maximum absolute atomic E-state index is 10.7. The summed E-state index contributed by atoms with van der Waals surface area (Å²) < 4.78 is 4.99. The van der Waals surface area contributed by atoms with E-state index in [4.69, 9.17) is 4.74 Å². The Labute approximate surface area is 110 Å². The van der Waals surface area contributed by atoms with Gasteiger partial charge in [0.05, 0.1) is 12.0 Å². The molecule has 0 fully saturated rings. The van der Waals surface area contributed by atoms with E-state index >= 15 is 0 Å². The first kappa shape index (κ1) is 14.4. The smallest absolute Gasteiger partial charge is 0.311 e. The van der Waals surface area contributed by atoms with Gasteiger partial charge in [-0.25, -0.2) is 0 Å². The number of nitrogens with one attached hydrogen (secondary N) is 1. The molecule has 0 saturated heterocycles. The predicted molar refractivity (Wildman–Crippen MR) is 75.7 cm³/mol. The summed E-state index contributed by atoms with van der Waals surface area (Å²) in [6, 6.07) is 4.76. The number of nitro benzene ring substituents is 1. The fourth-order valence-electron chi connectivity index (χ4n) is 1.37. The van der Waals surface area contributed by atoms with Gasteiger partial charge in [-0.1, -0.05) is 6.08 Å². The molecule has 0 saturated carbocycles. The average Bonchev–Trinajstić information content (AvgIpc) is 2.38. The van der Waals surface area contributed by atoms with Crippen LogP contribution in [0.25, 0.3) is 0 Å². The minimum absolute atomic E-state index is 0.0240. The molecule has 0 heterocycles. The molecule has 0 aliphatic carbocycles. The molecule has 0 atom stereocenters. The molecule has 6 heteroatoms. The second kappa shape index (κ2) is 7.60. The van der Waals surface area contributed by atoms with Crippen LogP contribution in [0.2, 0.25) is 0 Å². The third kappa shape index (κ3) is 4.29. The molecular formula is C12H16N2O3S. The zero-order chi connectivity index (χ0) is 13.4. The van der Waals surface area contributed by atoms with Crippen molar-refractivity contribution >= 4 is 23.1 Å². The summed E-state index contributed by atoms with van der Waals surface area (Å²) in [6.45, 7) is 4.43. The van der Waals surface area contributed by atoms with E-state index in [1.165, 1.54) is 13.2 Å². The van der Waals surface area contributed by atoms with Crippen LogP contribution < -0.4 is 10.1 Å². The highest BCUT2D eigenvalue weighted by atomic mass is 32.2. The van der Waals surface area contributed by atoms with E-state index in [-0.39, 0.29) is 11.4 Å². The van der Waals surface area contributed by atoms with Crippen LogP contribution in [0, 0.1) is 10.1 Å². The number of ether oxygens (including phenoxy) is 1. The van der Waals surface area contributed by atoms with Crippen molar-refractivity contribution in [1.29, 1.82) is 0 Å². The molecule has 0 aliphatic rings. The predicted octanol–water partition coefficient (Wildman–Crippen LogP) is 2.93. The van der Waals surface area contributed by atoms with Gasteiger partial charge in [0.15, 0.2) is 5.75 Å². The summed E-state index contributed by atoms with van der Waals surface area (Å²) in [5.41, 5.74) is 0.792. The number of anilines is 1. The van der Waals surface area contributed by atoms with Crippen molar-refractivity contribution in [1.82, 2.24) is 0 Å². The summed E-state index contributed by atoms with van der Waals surface area (Å²) in [4.78, 5) is 10.3. The normalized spacial score (nSPS) is 9.83. The number of thioether (sulfide) groups is 1. The maximum atomic E-state index is 10.7. The second-order valence-corrected chi connectivity index (χ2v) is 4.58. The molecule has 1 aromatic rings. The molecular weight excluding hydrogens is 252 g/mol. The lowest BCUT2D eigenvalue weighted by Gasteiger charge is -2.08. The fourth-order valence-corrected chi connectivity index (χ4v) is 1.95. The lowest BCUT2D eigenvalue weighted by Crippen LogP contribution is -2.04. The van der Waals surface area contributed by atoms with Crippen LogP contribution in [-0.4, -0.2) is 30.1 Å². The monoisotopic (exact) mass is 268 g/mol. The molecule has 0 aromatic heterocycles. The molecule has 5 nitrogen and oxygen atoms in total. The number of hydrogen-bond donors (Lipinski definition) is 1. The van der Waals surface area contributed by atoms with Crippen molar-refractivity contribution in [3.63, 3.8) is 0 Å².